The number of nitriles is 1. The van der Waals surface area contributed by atoms with E-state index in [1.54, 1.807) is 6.92 Å². The molecule has 3 nitrogen and oxygen atoms in total. The Balaban J connectivity index is 2.30. The minimum Gasteiger partial charge on any atom is -0.494 e. The van der Waals surface area contributed by atoms with Gasteiger partial charge in [0, 0.05) is 6.42 Å². The van der Waals surface area contributed by atoms with Crippen molar-refractivity contribution in [1.82, 2.24) is 0 Å². The molecule has 0 heterocycles. The van der Waals surface area contributed by atoms with E-state index >= 15 is 0 Å². The number of unbranched alkanes of at least 4 members (excludes halogenated alkanes) is 2. The van der Waals surface area contributed by atoms with Crippen LogP contribution >= 0.6 is 0 Å². The number of ether oxygens (including phenoxy) is 1. The molecule has 3 heteroatoms. The molecule has 0 aliphatic heterocycles. The van der Waals surface area contributed by atoms with Crippen LogP contribution in [0.3, 0.4) is 0 Å². The molecular formula is C13H17NO2. The van der Waals surface area contributed by atoms with Crippen LogP contribution in [0.15, 0.2) is 24.3 Å². The van der Waals surface area contributed by atoms with Crippen LogP contribution < -0.4 is 4.74 Å². The maximum absolute atomic E-state index is 9.32. The topological polar surface area (TPSA) is 53.2 Å². The van der Waals surface area contributed by atoms with Crippen molar-refractivity contribution in [3.8, 4) is 11.8 Å². The Morgan fingerprint density at radius 3 is 2.56 bits per heavy atom. The highest BCUT2D eigenvalue weighted by molar-refractivity contribution is 5.28. The average Bonchev–Trinajstić information content (AvgIpc) is 2.29. The highest BCUT2D eigenvalue weighted by Gasteiger charge is 2.00. The Bertz CT molecular complexity index is 338. The molecule has 0 aliphatic rings. The van der Waals surface area contributed by atoms with Crippen LogP contribution in [0.4, 0.5) is 0 Å². The van der Waals surface area contributed by atoms with Crippen LogP contribution in [0.2, 0.25) is 0 Å². The molecule has 0 amide bonds. The second-order valence-corrected chi connectivity index (χ2v) is 3.71. The zero-order chi connectivity index (χ0) is 11.8. The van der Waals surface area contributed by atoms with E-state index in [0.717, 1.165) is 24.2 Å². The molecule has 86 valence electrons. The first kappa shape index (κ1) is 12.5. The predicted molar refractivity (Wildman–Crippen MR) is 62.0 cm³/mol. The molecular weight excluding hydrogens is 202 g/mol. The number of benzene rings is 1. The Kier molecular flexibility index (Phi) is 5.38. The maximum Gasteiger partial charge on any atom is 0.119 e. The highest BCUT2D eigenvalue weighted by atomic mass is 16.5. The van der Waals surface area contributed by atoms with E-state index in [2.05, 4.69) is 6.07 Å². The number of hydrogen-bond donors (Lipinski definition) is 1. The molecule has 0 spiro atoms. The number of nitrogens with zero attached hydrogens (tertiary/aromatic N) is 1. The van der Waals surface area contributed by atoms with E-state index in [1.165, 1.54) is 0 Å². The van der Waals surface area contributed by atoms with Gasteiger partial charge < -0.3 is 9.84 Å². The second kappa shape index (κ2) is 6.86. The first-order valence-electron chi connectivity index (χ1n) is 5.52. The first-order valence-corrected chi connectivity index (χ1v) is 5.52. The van der Waals surface area contributed by atoms with Gasteiger partial charge in [0.15, 0.2) is 0 Å². The van der Waals surface area contributed by atoms with Gasteiger partial charge in [0.25, 0.3) is 0 Å². The van der Waals surface area contributed by atoms with Crippen molar-refractivity contribution >= 4 is 0 Å². The summed E-state index contributed by atoms with van der Waals surface area (Å²) in [6.45, 7) is 2.37. The van der Waals surface area contributed by atoms with Crippen molar-refractivity contribution < 1.29 is 9.84 Å². The molecule has 0 aliphatic carbocycles. The van der Waals surface area contributed by atoms with Crippen molar-refractivity contribution in [2.75, 3.05) is 6.61 Å². The van der Waals surface area contributed by atoms with Gasteiger partial charge in [0.05, 0.1) is 18.8 Å². The monoisotopic (exact) mass is 219 g/mol. The van der Waals surface area contributed by atoms with E-state index in [-0.39, 0.29) is 0 Å². The second-order valence-electron chi connectivity index (χ2n) is 3.71. The summed E-state index contributed by atoms with van der Waals surface area (Å²) >= 11 is 0. The molecule has 0 radical (unpaired) electrons. The molecule has 0 bridgehead atoms. The summed E-state index contributed by atoms with van der Waals surface area (Å²) in [4.78, 5) is 0. The lowest BCUT2D eigenvalue weighted by Gasteiger charge is -2.08. The van der Waals surface area contributed by atoms with E-state index in [0.29, 0.717) is 13.0 Å². The van der Waals surface area contributed by atoms with Crippen molar-refractivity contribution in [2.45, 2.75) is 32.3 Å². The van der Waals surface area contributed by atoms with Crippen LogP contribution in [0.1, 0.15) is 37.9 Å². The van der Waals surface area contributed by atoms with Crippen LogP contribution in [-0.4, -0.2) is 11.7 Å². The third-order valence-electron chi connectivity index (χ3n) is 2.31. The predicted octanol–water partition coefficient (Wildman–Crippen LogP) is 2.81. The molecule has 1 aromatic rings. The average molecular weight is 219 g/mol. The summed E-state index contributed by atoms with van der Waals surface area (Å²) < 4.78 is 5.50. The Hall–Kier alpha value is -1.53. The normalized spacial score (nSPS) is 11.8. The minimum atomic E-state index is -0.440. The lowest BCUT2D eigenvalue weighted by Crippen LogP contribution is -1.97. The standard InChI is InChI=1S/C13H17NO2/c1-11(15)12-5-7-13(8-6-12)16-10-4-2-3-9-14/h5-8,11,15H,2-4,10H2,1H3/t11-/m1/s1. The fourth-order valence-corrected chi connectivity index (χ4v) is 1.34. The van der Waals surface area contributed by atoms with Crippen molar-refractivity contribution in [3.05, 3.63) is 29.8 Å². The van der Waals surface area contributed by atoms with Gasteiger partial charge in [-0.05, 0) is 37.5 Å². The Morgan fingerprint density at radius 1 is 1.31 bits per heavy atom. The van der Waals surface area contributed by atoms with Crippen LogP contribution in [0.25, 0.3) is 0 Å². The molecule has 1 aromatic carbocycles. The summed E-state index contributed by atoms with van der Waals surface area (Å²) in [6, 6.07) is 9.52. The molecule has 0 saturated heterocycles. The summed E-state index contributed by atoms with van der Waals surface area (Å²) in [7, 11) is 0. The van der Waals surface area contributed by atoms with Gasteiger partial charge in [-0.25, -0.2) is 0 Å². The van der Waals surface area contributed by atoms with Gasteiger partial charge in [-0.3, -0.25) is 0 Å². The zero-order valence-electron chi connectivity index (χ0n) is 9.52. The van der Waals surface area contributed by atoms with Gasteiger partial charge in [0.1, 0.15) is 5.75 Å². The number of rotatable bonds is 6. The number of aliphatic hydroxyl groups excluding tert-OH is 1. The molecule has 1 rings (SSSR count). The molecule has 0 fully saturated rings. The van der Waals surface area contributed by atoms with Crippen molar-refractivity contribution in [1.29, 1.82) is 5.26 Å². The Morgan fingerprint density at radius 2 is 2.00 bits per heavy atom. The van der Waals surface area contributed by atoms with Crippen LogP contribution in [0.5, 0.6) is 5.75 Å². The summed E-state index contributed by atoms with van der Waals surface area (Å²) in [5, 5.41) is 17.7. The fourth-order valence-electron chi connectivity index (χ4n) is 1.34. The molecule has 0 saturated carbocycles. The maximum atomic E-state index is 9.32. The molecule has 1 atom stereocenters. The van der Waals surface area contributed by atoms with E-state index in [4.69, 9.17) is 10.00 Å². The summed E-state index contributed by atoms with van der Waals surface area (Å²) in [5.41, 5.74) is 0.886. The van der Waals surface area contributed by atoms with Gasteiger partial charge in [0.2, 0.25) is 0 Å². The van der Waals surface area contributed by atoms with Crippen LogP contribution in [0, 0.1) is 11.3 Å². The lowest BCUT2D eigenvalue weighted by atomic mass is 10.1. The molecule has 0 unspecified atom stereocenters. The summed E-state index contributed by atoms with van der Waals surface area (Å²) in [5.74, 6) is 0.807. The summed E-state index contributed by atoms with van der Waals surface area (Å²) in [6.07, 6.45) is 1.92. The van der Waals surface area contributed by atoms with Gasteiger partial charge >= 0.3 is 0 Å². The molecule has 1 N–H and O–H groups in total. The van der Waals surface area contributed by atoms with Crippen molar-refractivity contribution in [3.63, 3.8) is 0 Å². The van der Waals surface area contributed by atoms with Crippen molar-refractivity contribution in [2.24, 2.45) is 0 Å². The van der Waals surface area contributed by atoms with E-state index < -0.39 is 6.10 Å². The largest absolute Gasteiger partial charge is 0.494 e. The third kappa shape index (κ3) is 4.33. The van der Waals surface area contributed by atoms with E-state index in [1.807, 2.05) is 24.3 Å². The highest BCUT2D eigenvalue weighted by Crippen LogP contribution is 2.17. The molecule has 16 heavy (non-hydrogen) atoms. The van der Waals surface area contributed by atoms with Gasteiger partial charge in [-0.15, -0.1) is 0 Å². The number of hydrogen-bond acceptors (Lipinski definition) is 3. The van der Waals surface area contributed by atoms with E-state index in [9.17, 15) is 5.11 Å². The van der Waals surface area contributed by atoms with Gasteiger partial charge in [-0.1, -0.05) is 12.1 Å². The minimum absolute atomic E-state index is 0.440. The fraction of sp³-hybridized carbons (Fsp3) is 0.462. The Labute approximate surface area is 96.3 Å². The zero-order valence-corrected chi connectivity index (χ0v) is 9.52. The SMILES string of the molecule is C[C@@H](O)c1ccc(OCCCCC#N)cc1. The lowest BCUT2D eigenvalue weighted by molar-refractivity contribution is 0.199. The first-order chi connectivity index (χ1) is 7.74. The van der Waals surface area contributed by atoms with Gasteiger partial charge in [-0.2, -0.15) is 5.26 Å². The quantitative estimate of drug-likeness (QED) is 0.748. The smallest absolute Gasteiger partial charge is 0.119 e. The van der Waals surface area contributed by atoms with Crippen LogP contribution in [-0.2, 0) is 0 Å². The number of aliphatic hydroxyl groups is 1. The third-order valence-corrected chi connectivity index (χ3v) is 2.31. The molecule has 0 aromatic heterocycles.